The molecular formula is C18H21NO. The van der Waals surface area contributed by atoms with Gasteiger partial charge in [0, 0.05) is 11.1 Å². The number of carbonyl (C=O) groups excluding carboxylic acids is 1. The zero-order valence-electron chi connectivity index (χ0n) is 12.5. The Hall–Kier alpha value is -2.09. The molecule has 0 atom stereocenters. The largest absolute Gasteiger partial charge is 0.347 e. The Kier molecular flexibility index (Phi) is 3.93. The van der Waals surface area contributed by atoms with Gasteiger partial charge < -0.3 is 5.32 Å². The molecule has 0 aliphatic heterocycles. The van der Waals surface area contributed by atoms with Crippen LogP contribution in [-0.4, -0.2) is 11.4 Å². The molecule has 0 spiro atoms. The van der Waals surface area contributed by atoms with Crippen molar-refractivity contribution in [1.82, 2.24) is 5.32 Å². The number of amides is 1. The third kappa shape index (κ3) is 3.47. The average Bonchev–Trinajstić information content (AvgIpc) is 2.37. The second-order valence-electron chi connectivity index (χ2n) is 6.12. The fourth-order valence-electron chi connectivity index (χ4n) is 2.12. The molecule has 0 saturated heterocycles. The first-order valence-corrected chi connectivity index (χ1v) is 6.85. The lowest BCUT2D eigenvalue weighted by Crippen LogP contribution is -2.40. The Morgan fingerprint density at radius 3 is 2.25 bits per heavy atom. The minimum absolute atomic E-state index is 0.0312. The van der Waals surface area contributed by atoms with Crippen LogP contribution in [-0.2, 0) is 0 Å². The second kappa shape index (κ2) is 5.49. The Labute approximate surface area is 120 Å². The van der Waals surface area contributed by atoms with Crippen molar-refractivity contribution in [3.63, 3.8) is 0 Å². The van der Waals surface area contributed by atoms with Gasteiger partial charge in [-0.15, -0.1) is 0 Å². The average molecular weight is 267 g/mol. The van der Waals surface area contributed by atoms with Crippen molar-refractivity contribution in [3.8, 4) is 11.1 Å². The molecule has 2 aromatic carbocycles. The number of rotatable bonds is 2. The van der Waals surface area contributed by atoms with Crippen molar-refractivity contribution in [3.05, 3.63) is 59.7 Å². The highest BCUT2D eigenvalue weighted by molar-refractivity contribution is 6.01. The van der Waals surface area contributed by atoms with Gasteiger partial charge in [0.05, 0.1) is 0 Å². The monoisotopic (exact) mass is 267 g/mol. The molecule has 0 aliphatic carbocycles. The summed E-state index contributed by atoms with van der Waals surface area (Å²) in [5.41, 5.74) is 3.67. The summed E-state index contributed by atoms with van der Waals surface area (Å²) in [6, 6.07) is 16.0. The molecule has 1 N–H and O–H groups in total. The Balaban J connectivity index is 2.47. The molecule has 0 aromatic heterocycles. The van der Waals surface area contributed by atoms with E-state index in [1.807, 2.05) is 70.2 Å². The van der Waals surface area contributed by atoms with Gasteiger partial charge >= 0.3 is 0 Å². The first kappa shape index (κ1) is 14.3. The van der Waals surface area contributed by atoms with E-state index in [0.717, 1.165) is 22.3 Å². The van der Waals surface area contributed by atoms with E-state index in [0.29, 0.717) is 0 Å². The van der Waals surface area contributed by atoms with E-state index in [1.165, 1.54) is 0 Å². The molecule has 0 unspecified atom stereocenters. The summed E-state index contributed by atoms with van der Waals surface area (Å²) in [5, 5.41) is 3.03. The van der Waals surface area contributed by atoms with Crippen LogP contribution < -0.4 is 5.32 Å². The zero-order chi connectivity index (χ0) is 14.8. The van der Waals surface area contributed by atoms with Crippen LogP contribution in [0, 0.1) is 6.92 Å². The van der Waals surface area contributed by atoms with Gasteiger partial charge in [-0.1, -0.05) is 48.0 Å². The standard InChI is InChI=1S/C18H21NO/c1-13-10-11-15(17(20)19-18(2,3)4)16(12-13)14-8-6-5-7-9-14/h5-12H,1-4H3,(H,19,20). The molecule has 0 fully saturated rings. The first-order chi connectivity index (χ1) is 9.37. The SMILES string of the molecule is Cc1ccc(C(=O)NC(C)(C)C)c(-c2ccccc2)c1. The van der Waals surface area contributed by atoms with Gasteiger partial charge in [-0.05, 0) is 44.9 Å². The van der Waals surface area contributed by atoms with Crippen molar-refractivity contribution < 1.29 is 4.79 Å². The predicted molar refractivity (Wildman–Crippen MR) is 83.8 cm³/mol. The zero-order valence-corrected chi connectivity index (χ0v) is 12.5. The summed E-state index contributed by atoms with van der Waals surface area (Å²) < 4.78 is 0. The minimum Gasteiger partial charge on any atom is -0.347 e. The lowest BCUT2D eigenvalue weighted by Gasteiger charge is -2.21. The van der Waals surface area contributed by atoms with Gasteiger partial charge in [-0.25, -0.2) is 0 Å². The third-order valence-corrected chi connectivity index (χ3v) is 2.99. The molecule has 1 amide bonds. The summed E-state index contributed by atoms with van der Waals surface area (Å²) in [6.45, 7) is 8.00. The highest BCUT2D eigenvalue weighted by Gasteiger charge is 2.18. The van der Waals surface area contributed by atoms with E-state index in [9.17, 15) is 4.79 Å². The van der Waals surface area contributed by atoms with Crippen LogP contribution in [0.15, 0.2) is 48.5 Å². The van der Waals surface area contributed by atoms with Crippen LogP contribution >= 0.6 is 0 Å². The van der Waals surface area contributed by atoms with Crippen LogP contribution in [0.4, 0.5) is 0 Å². The molecule has 2 rings (SSSR count). The van der Waals surface area contributed by atoms with Gasteiger partial charge in [0.25, 0.3) is 5.91 Å². The van der Waals surface area contributed by atoms with Gasteiger partial charge in [0.1, 0.15) is 0 Å². The smallest absolute Gasteiger partial charge is 0.252 e. The Morgan fingerprint density at radius 2 is 1.65 bits per heavy atom. The molecule has 104 valence electrons. The molecule has 0 radical (unpaired) electrons. The molecule has 20 heavy (non-hydrogen) atoms. The van der Waals surface area contributed by atoms with Gasteiger partial charge in [0.2, 0.25) is 0 Å². The molecule has 0 saturated carbocycles. The van der Waals surface area contributed by atoms with Crippen molar-refractivity contribution in [2.24, 2.45) is 0 Å². The van der Waals surface area contributed by atoms with E-state index >= 15 is 0 Å². The van der Waals surface area contributed by atoms with Crippen LogP contribution in [0.2, 0.25) is 0 Å². The number of carbonyl (C=O) groups is 1. The molecule has 0 heterocycles. The summed E-state index contributed by atoms with van der Waals surface area (Å²) in [5.74, 6) is -0.0312. The Morgan fingerprint density at radius 1 is 1.00 bits per heavy atom. The van der Waals surface area contributed by atoms with E-state index in [1.54, 1.807) is 0 Å². The number of aryl methyl sites for hydroxylation is 1. The van der Waals surface area contributed by atoms with Gasteiger partial charge in [-0.2, -0.15) is 0 Å². The van der Waals surface area contributed by atoms with E-state index in [-0.39, 0.29) is 11.4 Å². The van der Waals surface area contributed by atoms with Crippen molar-refractivity contribution in [1.29, 1.82) is 0 Å². The highest BCUT2D eigenvalue weighted by atomic mass is 16.1. The maximum atomic E-state index is 12.5. The third-order valence-electron chi connectivity index (χ3n) is 2.99. The topological polar surface area (TPSA) is 29.1 Å². The van der Waals surface area contributed by atoms with Crippen LogP contribution in [0.5, 0.6) is 0 Å². The maximum absolute atomic E-state index is 12.5. The van der Waals surface area contributed by atoms with E-state index < -0.39 is 0 Å². The lowest BCUT2D eigenvalue weighted by atomic mass is 9.96. The van der Waals surface area contributed by atoms with E-state index in [4.69, 9.17) is 0 Å². The molecule has 2 nitrogen and oxygen atoms in total. The maximum Gasteiger partial charge on any atom is 0.252 e. The van der Waals surface area contributed by atoms with Crippen molar-refractivity contribution in [2.45, 2.75) is 33.2 Å². The van der Waals surface area contributed by atoms with Crippen LogP contribution in [0.25, 0.3) is 11.1 Å². The van der Waals surface area contributed by atoms with Crippen molar-refractivity contribution >= 4 is 5.91 Å². The van der Waals surface area contributed by atoms with Gasteiger partial charge in [0.15, 0.2) is 0 Å². The Bertz CT molecular complexity index is 609. The predicted octanol–water partition coefficient (Wildman–Crippen LogP) is 4.19. The number of nitrogens with one attached hydrogen (secondary N) is 1. The van der Waals surface area contributed by atoms with Gasteiger partial charge in [-0.3, -0.25) is 4.79 Å². The number of benzene rings is 2. The molecular weight excluding hydrogens is 246 g/mol. The highest BCUT2D eigenvalue weighted by Crippen LogP contribution is 2.25. The molecule has 2 aromatic rings. The fourth-order valence-corrected chi connectivity index (χ4v) is 2.12. The number of hydrogen-bond donors (Lipinski definition) is 1. The summed E-state index contributed by atoms with van der Waals surface area (Å²) in [7, 11) is 0. The van der Waals surface area contributed by atoms with Crippen LogP contribution in [0.3, 0.4) is 0 Å². The molecule has 2 heteroatoms. The summed E-state index contributed by atoms with van der Waals surface area (Å²) >= 11 is 0. The second-order valence-corrected chi connectivity index (χ2v) is 6.12. The molecule has 0 bridgehead atoms. The minimum atomic E-state index is -0.240. The normalized spacial score (nSPS) is 11.2. The number of hydrogen-bond acceptors (Lipinski definition) is 1. The quantitative estimate of drug-likeness (QED) is 0.868. The van der Waals surface area contributed by atoms with Crippen LogP contribution in [0.1, 0.15) is 36.7 Å². The summed E-state index contributed by atoms with van der Waals surface area (Å²) in [4.78, 5) is 12.5. The summed E-state index contributed by atoms with van der Waals surface area (Å²) in [6.07, 6.45) is 0. The fraction of sp³-hybridized carbons (Fsp3) is 0.278. The van der Waals surface area contributed by atoms with Crippen molar-refractivity contribution in [2.75, 3.05) is 0 Å². The van der Waals surface area contributed by atoms with E-state index in [2.05, 4.69) is 11.4 Å². The first-order valence-electron chi connectivity index (χ1n) is 6.85. The lowest BCUT2D eigenvalue weighted by molar-refractivity contribution is 0.0920. The molecule has 0 aliphatic rings.